The molecule has 1 aromatic carbocycles. The SMILES string of the molecule is CCOC(=N)c1ncn([C@@H]2O[C@H](CO[P@@]3(=O)OCC[C@@H](c4cccc(Cl)c4)O3)[C@@H](OC(C)=O)[C@H]2OC(C)=O)n1. The van der Waals surface area contributed by atoms with E-state index >= 15 is 0 Å². The van der Waals surface area contributed by atoms with Crippen molar-refractivity contribution >= 4 is 37.3 Å². The van der Waals surface area contributed by atoms with E-state index < -0.39 is 57.0 Å². The van der Waals surface area contributed by atoms with Gasteiger partial charge in [-0.15, -0.1) is 5.10 Å². The molecule has 0 aliphatic carbocycles. The highest BCUT2D eigenvalue weighted by molar-refractivity contribution is 7.48. The third-order valence-corrected chi connectivity index (χ3v) is 7.37. The first-order chi connectivity index (χ1) is 18.6. The normalized spacial score (nSPS) is 28.6. The molecular formula is C23H28ClN4O10P. The molecule has 0 unspecified atom stereocenters. The van der Waals surface area contributed by atoms with Crippen molar-refractivity contribution in [3.05, 3.63) is 47.0 Å². The molecule has 6 atom stereocenters. The van der Waals surface area contributed by atoms with Crippen molar-refractivity contribution in [1.29, 1.82) is 5.41 Å². The van der Waals surface area contributed by atoms with Gasteiger partial charge in [0, 0.05) is 25.3 Å². The maximum absolute atomic E-state index is 13.3. The van der Waals surface area contributed by atoms with Crippen molar-refractivity contribution in [2.24, 2.45) is 0 Å². The molecule has 0 saturated carbocycles. The number of hydrogen-bond donors (Lipinski definition) is 1. The molecule has 2 aliphatic heterocycles. The van der Waals surface area contributed by atoms with Gasteiger partial charge in [0.1, 0.15) is 12.4 Å². The topological polar surface area (TPSA) is 170 Å². The van der Waals surface area contributed by atoms with Crippen LogP contribution in [0.25, 0.3) is 0 Å². The summed E-state index contributed by atoms with van der Waals surface area (Å²) in [6.45, 7) is 3.99. The predicted octanol–water partition coefficient (Wildman–Crippen LogP) is 3.36. The minimum atomic E-state index is -4.07. The minimum absolute atomic E-state index is 0.0359. The van der Waals surface area contributed by atoms with Gasteiger partial charge in [0.2, 0.25) is 5.82 Å². The Morgan fingerprint density at radius 3 is 2.67 bits per heavy atom. The van der Waals surface area contributed by atoms with Crippen LogP contribution in [0.3, 0.4) is 0 Å². The number of phosphoric ester groups is 1. The molecule has 0 spiro atoms. The number of benzene rings is 1. The fourth-order valence-corrected chi connectivity index (χ4v) is 5.69. The highest BCUT2D eigenvalue weighted by Crippen LogP contribution is 2.57. The lowest BCUT2D eigenvalue weighted by molar-refractivity contribution is -0.166. The number of rotatable bonds is 9. The fourth-order valence-electron chi connectivity index (χ4n) is 4.09. The van der Waals surface area contributed by atoms with Crippen LogP contribution in [0.5, 0.6) is 0 Å². The highest BCUT2D eigenvalue weighted by atomic mass is 35.5. The van der Waals surface area contributed by atoms with E-state index in [1.165, 1.54) is 24.9 Å². The first kappa shape index (κ1) is 29.1. The fraction of sp³-hybridized carbons (Fsp3) is 0.522. The Labute approximate surface area is 228 Å². The number of hydrogen-bond acceptors (Lipinski definition) is 13. The van der Waals surface area contributed by atoms with Crippen LogP contribution < -0.4 is 0 Å². The number of carbonyl (C=O) groups excluding carboxylic acids is 2. The zero-order valence-electron chi connectivity index (χ0n) is 21.4. The number of esters is 2. The van der Waals surface area contributed by atoms with Crippen molar-refractivity contribution in [2.75, 3.05) is 19.8 Å². The first-order valence-corrected chi connectivity index (χ1v) is 13.9. The molecule has 1 aromatic heterocycles. The maximum Gasteiger partial charge on any atom is 0.475 e. The zero-order chi connectivity index (χ0) is 28.2. The van der Waals surface area contributed by atoms with Gasteiger partial charge in [-0.2, -0.15) is 0 Å². The Bertz CT molecular complexity index is 1260. The lowest BCUT2D eigenvalue weighted by atomic mass is 10.1. The van der Waals surface area contributed by atoms with E-state index in [0.717, 1.165) is 0 Å². The summed E-state index contributed by atoms with van der Waals surface area (Å²) in [6.07, 6.45) is -3.47. The van der Waals surface area contributed by atoms with Crippen LogP contribution in [0, 0.1) is 5.41 Å². The first-order valence-electron chi connectivity index (χ1n) is 12.0. The van der Waals surface area contributed by atoms with Crippen LogP contribution in [0.4, 0.5) is 0 Å². The standard InChI is InChI=1S/C23H28ClN4O10P/c1-4-32-21(25)22-26-12-28(27-22)23-20(36-14(3)30)19(35-13(2)29)18(37-23)11-34-39(31)33-9-8-17(38-39)15-6-5-7-16(24)10-15/h5-7,10,12,17-20,23,25H,4,8-9,11H2,1-3H3/t17-,18+,19+,20+,23+,39+/m0/s1. The summed E-state index contributed by atoms with van der Waals surface area (Å²) in [5.74, 6) is -1.66. The second-order valence-electron chi connectivity index (χ2n) is 8.54. The quantitative estimate of drug-likeness (QED) is 0.197. The lowest BCUT2D eigenvalue weighted by Crippen LogP contribution is -2.40. The van der Waals surface area contributed by atoms with Gasteiger partial charge in [-0.25, -0.2) is 14.2 Å². The average molecular weight is 587 g/mol. The summed E-state index contributed by atoms with van der Waals surface area (Å²) in [5, 5.41) is 12.6. The number of ether oxygens (including phenoxy) is 4. The number of nitrogens with one attached hydrogen (secondary N) is 1. The molecule has 2 aromatic rings. The number of aromatic nitrogens is 3. The second kappa shape index (κ2) is 12.5. The predicted molar refractivity (Wildman–Crippen MR) is 133 cm³/mol. The Hall–Kier alpha value is -2.87. The Balaban J connectivity index is 1.53. The molecule has 39 heavy (non-hydrogen) atoms. The van der Waals surface area contributed by atoms with Gasteiger partial charge in [-0.1, -0.05) is 23.7 Å². The third kappa shape index (κ3) is 7.21. The van der Waals surface area contributed by atoms with Crippen LogP contribution in [-0.2, 0) is 46.7 Å². The zero-order valence-corrected chi connectivity index (χ0v) is 23.0. The van der Waals surface area contributed by atoms with Crippen LogP contribution in [0.1, 0.15) is 50.9 Å². The van der Waals surface area contributed by atoms with Crippen LogP contribution in [0.2, 0.25) is 5.02 Å². The highest BCUT2D eigenvalue weighted by Gasteiger charge is 2.52. The molecule has 2 fully saturated rings. The van der Waals surface area contributed by atoms with Crippen molar-refractivity contribution in [2.45, 2.75) is 57.8 Å². The number of carbonyl (C=O) groups is 2. The minimum Gasteiger partial charge on any atom is -0.476 e. The molecule has 1 N–H and O–H groups in total. The average Bonchev–Trinajstić information content (AvgIpc) is 3.48. The van der Waals surface area contributed by atoms with E-state index in [4.69, 9.17) is 49.5 Å². The molecule has 3 heterocycles. The summed E-state index contributed by atoms with van der Waals surface area (Å²) in [5.41, 5.74) is 0.708. The maximum atomic E-state index is 13.3. The van der Waals surface area contributed by atoms with E-state index in [1.54, 1.807) is 31.2 Å². The molecule has 212 valence electrons. The van der Waals surface area contributed by atoms with Gasteiger partial charge in [-0.05, 0) is 24.6 Å². The van der Waals surface area contributed by atoms with E-state index in [1.807, 2.05) is 0 Å². The number of nitrogens with zero attached hydrogens (tertiary/aromatic N) is 3. The molecule has 2 saturated heterocycles. The van der Waals surface area contributed by atoms with E-state index in [9.17, 15) is 14.2 Å². The van der Waals surface area contributed by atoms with Gasteiger partial charge >= 0.3 is 19.8 Å². The number of phosphoric acid groups is 1. The molecule has 2 aliphatic rings. The summed E-state index contributed by atoms with van der Waals surface area (Å²) in [6, 6.07) is 6.94. The Morgan fingerprint density at radius 1 is 1.23 bits per heavy atom. The molecule has 0 amide bonds. The molecule has 14 nitrogen and oxygen atoms in total. The Morgan fingerprint density at radius 2 is 1.97 bits per heavy atom. The second-order valence-corrected chi connectivity index (χ2v) is 10.6. The molecule has 0 bridgehead atoms. The molecule has 0 radical (unpaired) electrons. The van der Waals surface area contributed by atoms with Crippen molar-refractivity contribution in [1.82, 2.24) is 14.8 Å². The van der Waals surface area contributed by atoms with E-state index in [0.29, 0.717) is 17.0 Å². The lowest BCUT2D eigenvalue weighted by Gasteiger charge is -2.30. The van der Waals surface area contributed by atoms with E-state index in [-0.39, 0.29) is 24.9 Å². The Kier molecular flexibility index (Phi) is 9.36. The summed E-state index contributed by atoms with van der Waals surface area (Å²) >= 11 is 6.08. The van der Waals surface area contributed by atoms with Gasteiger partial charge in [0.05, 0.1) is 25.9 Å². The van der Waals surface area contributed by atoms with E-state index in [2.05, 4.69) is 10.1 Å². The van der Waals surface area contributed by atoms with Gasteiger partial charge < -0.3 is 18.9 Å². The van der Waals surface area contributed by atoms with Gasteiger partial charge in [-0.3, -0.25) is 28.6 Å². The van der Waals surface area contributed by atoms with Gasteiger partial charge in [0.25, 0.3) is 5.90 Å². The largest absolute Gasteiger partial charge is 0.476 e. The van der Waals surface area contributed by atoms with Crippen LogP contribution >= 0.6 is 19.4 Å². The van der Waals surface area contributed by atoms with Crippen molar-refractivity contribution in [3.8, 4) is 0 Å². The molecule has 16 heteroatoms. The van der Waals surface area contributed by atoms with Crippen LogP contribution in [-0.4, -0.2) is 70.7 Å². The van der Waals surface area contributed by atoms with Crippen molar-refractivity contribution in [3.63, 3.8) is 0 Å². The van der Waals surface area contributed by atoms with Crippen LogP contribution in [0.15, 0.2) is 30.6 Å². The van der Waals surface area contributed by atoms with Gasteiger partial charge in [0.15, 0.2) is 18.4 Å². The van der Waals surface area contributed by atoms with Crippen molar-refractivity contribution < 1.29 is 46.7 Å². The molecule has 4 rings (SSSR count). The summed E-state index contributed by atoms with van der Waals surface area (Å²) in [7, 11) is -4.07. The summed E-state index contributed by atoms with van der Waals surface area (Å²) in [4.78, 5) is 27.9. The summed E-state index contributed by atoms with van der Waals surface area (Å²) < 4.78 is 53.1. The number of halogens is 1. The monoisotopic (exact) mass is 586 g/mol. The third-order valence-electron chi connectivity index (χ3n) is 5.65. The smallest absolute Gasteiger partial charge is 0.475 e. The molecular weight excluding hydrogens is 559 g/mol.